The van der Waals surface area contributed by atoms with Crippen LogP contribution in [-0.4, -0.2) is 115 Å². The summed E-state index contributed by atoms with van der Waals surface area (Å²) in [6, 6.07) is 0. The zero-order valence-electron chi connectivity index (χ0n) is 27.9. The van der Waals surface area contributed by atoms with Crippen LogP contribution in [0.1, 0.15) is 91.9 Å². The van der Waals surface area contributed by atoms with E-state index in [1.807, 2.05) is 0 Å². The summed E-state index contributed by atoms with van der Waals surface area (Å²) in [4.78, 5) is 58.5. The van der Waals surface area contributed by atoms with Crippen LogP contribution in [0.4, 0.5) is 0 Å². The predicted molar refractivity (Wildman–Crippen MR) is 181 cm³/mol. The molecular formula is C28H48N2O14S4. The van der Waals surface area contributed by atoms with Gasteiger partial charge >= 0.3 is 0 Å². The van der Waals surface area contributed by atoms with Gasteiger partial charge in [0.1, 0.15) is 0 Å². The van der Waals surface area contributed by atoms with Gasteiger partial charge in [-0.05, 0) is 25.7 Å². The summed E-state index contributed by atoms with van der Waals surface area (Å²) < 4.78 is 97.5. The second kappa shape index (κ2) is 22.2. The van der Waals surface area contributed by atoms with Crippen molar-refractivity contribution in [3.05, 3.63) is 0 Å². The Morgan fingerprint density at radius 3 is 0.958 bits per heavy atom. The van der Waals surface area contributed by atoms with E-state index in [2.05, 4.69) is 20.0 Å². The molecule has 278 valence electrons. The molecule has 0 aliphatic heterocycles. The average molecular weight is 765 g/mol. The van der Waals surface area contributed by atoms with Gasteiger partial charge < -0.3 is 9.68 Å². The van der Waals surface area contributed by atoms with Crippen molar-refractivity contribution in [3.63, 3.8) is 0 Å². The van der Waals surface area contributed by atoms with Gasteiger partial charge in [0.15, 0.2) is 61.7 Å². The van der Waals surface area contributed by atoms with Gasteiger partial charge in [0.2, 0.25) is 23.1 Å². The lowest BCUT2D eigenvalue weighted by Gasteiger charge is -2.17. The van der Waals surface area contributed by atoms with Gasteiger partial charge in [0.25, 0.3) is 0 Å². The van der Waals surface area contributed by atoms with Gasteiger partial charge in [0.05, 0.1) is 35.4 Å². The molecule has 0 rings (SSSR count). The molecule has 0 aliphatic rings. The maximum atomic E-state index is 12.7. The van der Waals surface area contributed by atoms with Crippen molar-refractivity contribution in [1.82, 2.24) is 0 Å². The molecule has 0 unspecified atom stereocenters. The molecule has 0 amide bonds. The minimum Gasteiger partial charge on any atom is -0.387 e. The van der Waals surface area contributed by atoms with Gasteiger partial charge in [-0.15, -0.1) is 0 Å². The summed E-state index contributed by atoms with van der Waals surface area (Å²) in [6.07, 6.45) is 2.15. The summed E-state index contributed by atoms with van der Waals surface area (Å²) in [5, 5.41) is 6.59. The number of hydrogen-bond acceptors (Lipinski definition) is 16. The summed E-state index contributed by atoms with van der Waals surface area (Å²) in [6.45, 7) is 4.97. The molecule has 0 aromatic heterocycles. The highest BCUT2D eigenvalue weighted by molar-refractivity contribution is 8.09. The molecular weight excluding hydrogens is 717 g/mol. The summed E-state index contributed by atoms with van der Waals surface area (Å²) in [5.41, 5.74) is 0. The fraction of sp³-hybridized carbons (Fsp3) is 0.786. The topological polar surface area (TPSA) is 248 Å². The molecule has 0 saturated carbocycles. The molecule has 0 fully saturated rings. The number of Topliss-reactive ketones (excluding diaryl/α,β-unsaturated/α-hetero) is 4. The molecule has 0 aromatic rings. The van der Waals surface area contributed by atoms with E-state index < -0.39 is 121 Å². The quantitative estimate of drug-likeness (QED) is 0.0596. The molecule has 0 aliphatic carbocycles. The Morgan fingerprint density at radius 1 is 0.479 bits per heavy atom. The number of oxime groups is 2. The first-order valence-electron chi connectivity index (χ1n) is 15.6. The molecule has 20 heteroatoms. The molecule has 16 nitrogen and oxygen atoms in total. The van der Waals surface area contributed by atoms with Crippen molar-refractivity contribution in [2.75, 3.05) is 36.2 Å². The SMILES string of the molecule is CCCCS(=O)(=O)C(CC(=O)C(=O)CO/N=C/C=N/OCC(=O)C(=O)CC(S(=O)(=O)CCCC)S(=O)(=O)CCCC)S(=O)(=O)CCCC. The van der Waals surface area contributed by atoms with Crippen molar-refractivity contribution in [3.8, 4) is 0 Å². The molecule has 0 heterocycles. The fourth-order valence-electron chi connectivity index (χ4n) is 3.89. The number of rotatable bonds is 29. The van der Waals surface area contributed by atoms with Crippen molar-refractivity contribution >= 4 is 74.9 Å². The number of carbonyl (C=O) groups is 4. The van der Waals surface area contributed by atoms with Gasteiger partial charge in [-0.2, -0.15) is 0 Å². The van der Waals surface area contributed by atoms with Crippen molar-refractivity contribution in [1.29, 1.82) is 0 Å². The summed E-state index contributed by atoms with van der Waals surface area (Å²) in [5.74, 6) is -6.80. The van der Waals surface area contributed by atoms with E-state index in [1.54, 1.807) is 27.7 Å². The third kappa shape index (κ3) is 16.7. The molecule has 0 atom stereocenters. The van der Waals surface area contributed by atoms with E-state index in [0.29, 0.717) is 25.7 Å². The van der Waals surface area contributed by atoms with Crippen molar-refractivity contribution < 1.29 is 62.5 Å². The summed E-state index contributed by atoms with van der Waals surface area (Å²) >= 11 is 0. The number of unbranched alkanes of at least 4 members (excludes halogenated alkanes) is 4. The van der Waals surface area contributed by atoms with E-state index in [-0.39, 0.29) is 25.7 Å². The van der Waals surface area contributed by atoms with Crippen molar-refractivity contribution in [2.45, 2.75) is 101 Å². The van der Waals surface area contributed by atoms with Crippen LogP contribution in [0.5, 0.6) is 0 Å². The molecule has 0 saturated heterocycles. The van der Waals surface area contributed by atoms with E-state index in [4.69, 9.17) is 0 Å². The first kappa shape index (κ1) is 45.4. The zero-order chi connectivity index (χ0) is 37.0. The normalized spacial score (nSPS) is 13.0. The Hall–Kier alpha value is -2.58. The Balaban J connectivity index is 5.14. The van der Waals surface area contributed by atoms with Crippen LogP contribution >= 0.6 is 0 Å². The van der Waals surface area contributed by atoms with Crippen LogP contribution in [0.15, 0.2) is 10.3 Å². The largest absolute Gasteiger partial charge is 0.387 e. The van der Waals surface area contributed by atoms with Gasteiger partial charge in [0, 0.05) is 12.8 Å². The third-order valence-corrected chi connectivity index (χ3v) is 17.6. The van der Waals surface area contributed by atoms with Crippen LogP contribution < -0.4 is 0 Å². The number of sulfone groups is 4. The first-order valence-corrected chi connectivity index (χ1v) is 22.5. The van der Waals surface area contributed by atoms with Crippen LogP contribution in [0.3, 0.4) is 0 Å². The number of hydrogen-bond donors (Lipinski definition) is 0. The lowest BCUT2D eigenvalue weighted by molar-refractivity contribution is -0.139. The van der Waals surface area contributed by atoms with Crippen LogP contribution in [0.25, 0.3) is 0 Å². The summed E-state index contributed by atoms with van der Waals surface area (Å²) in [7, 11) is -17.0. The van der Waals surface area contributed by atoms with E-state index >= 15 is 0 Å². The number of ketones is 4. The van der Waals surface area contributed by atoms with E-state index in [1.165, 1.54) is 0 Å². The number of carbonyl (C=O) groups excluding carboxylic acids is 4. The number of nitrogens with zero attached hydrogens (tertiary/aromatic N) is 2. The van der Waals surface area contributed by atoms with Gasteiger partial charge in [-0.1, -0.05) is 63.7 Å². The maximum absolute atomic E-state index is 12.7. The monoisotopic (exact) mass is 764 g/mol. The second-order valence-electron chi connectivity index (χ2n) is 10.9. The highest BCUT2D eigenvalue weighted by Crippen LogP contribution is 2.21. The first-order chi connectivity index (χ1) is 22.3. The Labute approximate surface area is 284 Å². The molecule has 48 heavy (non-hydrogen) atoms. The standard InChI is InChI=1S/C28H48N2O14S4/c1-5-9-15-45(35,36)27(46(37,38)16-10-6-2)19-23(31)25(33)21-43-29-13-14-30-44-22-26(34)24(32)20-28(47(39,40)17-11-7-3)48(41,42)18-12-8-4/h13-14,27-28H,5-12,15-22H2,1-4H3/b29-13+,30-14+. The smallest absolute Gasteiger partial charge is 0.238 e. The fourth-order valence-corrected chi connectivity index (χ4v) is 14.1. The average Bonchev–Trinajstić information content (AvgIpc) is 3.02. The van der Waals surface area contributed by atoms with Gasteiger partial charge in [-0.25, -0.2) is 33.7 Å². The molecule has 0 bridgehead atoms. The molecule has 0 spiro atoms. The molecule has 0 aromatic carbocycles. The van der Waals surface area contributed by atoms with E-state index in [0.717, 1.165) is 12.4 Å². The van der Waals surface area contributed by atoms with Crippen LogP contribution in [0.2, 0.25) is 0 Å². The maximum Gasteiger partial charge on any atom is 0.238 e. The highest BCUT2D eigenvalue weighted by atomic mass is 32.3. The van der Waals surface area contributed by atoms with Crippen molar-refractivity contribution in [2.24, 2.45) is 10.3 Å². The second-order valence-corrected chi connectivity index (χ2v) is 20.7. The van der Waals surface area contributed by atoms with Crippen LogP contribution in [0, 0.1) is 0 Å². The highest BCUT2D eigenvalue weighted by Gasteiger charge is 2.41. The molecule has 0 radical (unpaired) electrons. The van der Waals surface area contributed by atoms with E-state index in [9.17, 15) is 52.8 Å². The lowest BCUT2D eigenvalue weighted by atomic mass is 10.2. The lowest BCUT2D eigenvalue weighted by Crippen LogP contribution is -2.38. The Bertz CT molecular complexity index is 1370. The third-order valence-electron chi connectivity index (χ3n) is 6.79. The zero-order valence-corrected chi connectivity index (χ0v) is 31.1. The van der Waals surface area contributed by atoms with Gasteiger partial charge in [-0.3, -0.25) is 19.2 Å². The Morgan fingerprint density at radius 2 is 0.729 bits per heavy atom. The minimum absolute atomic E-state index is 0.186. The molecule has 0 N–H and O–H groups in total. The minimum atomic E-state index is -4.24. The Kier molecular flexibility index (Phi) is 21.0. The van der Waals surface area contributed by atoms with Crippen LogP contribution in [-0.2, 0) is 68.2 Å². The predicted octanol–water partition coefficient (Wildman–Crippen LogP) is 1.56.